The van der Waals surface area contributed by atoms with Gasteiger partial charge < -0.3 is 14.9 Å². The van der Waals surface area contributed by atoms with Crippen molar-refractivity contribution in [2.75, 3.05) is 5.73 Å². The first-order chi connectivity index (χ1) is 9.91. The SMILES string of the molecule is Cn1ccnc1CN(C1CC1)S(=O)(=O)c1c(N)ncn1C. The van der Waals surface area contributed by atoms with E-state index in [4.69, 9.17) is 5.73 Å². The van der Waals surface area contributed by atoms with E-state index in [-0.39, 0.29) is 23.4 Å². The van der Waals surface area contributed by atoms with Crippen molar-refractivity contribution in [3.8, 4) is 0 Å². The van der Waals surface area contributed by atoms with E-state index in [0.717, 1.165) is 12.8 Å². The Balaban J connectivity index is 1.99. The quantitative estimate of drug-likeness (QED) is 0.843. The number of nitrogens with two attached hydrogens (primary N) is 1. The van der Waals surface area contributed by atoms with Gasteiger partial charge in [0.2, 0.25) is 0 Å². The van der Waals surface area contributed by atoms with Crippen LogP contribution in [0.4, 0.5) is 5.82 Å². The minimum Gasteiger partial charge on any atom is -0.381 e. The van der Waals surface area contributed by atoms with Crippen molar-refractivity contribution >= 4 is 15.8 Å². The van der Waals surface area contributed by atoms with Crippen LogP contribution in [-0.4, -0.2) is 37.9 Å². The smallest absolute Gasteiger partial charge is 0.263 e. The van der Waals surface area contributed by atoms with Gasteiger partial charge in [0.15, 0.2) is 10.8 Å². The van der Waals surface area contributed by atoms with Gasteiger partial charge in [0.25, 0.3) is 10.0 Å². The molecule has 0 radical (unpaired) electrons. The first-order valence-corrected chi connectivity index (χ1v) is 8.10. The second-order valence-electron chi connectivity index (χ2n) is 5.28. The van der Waals surface area contributed by atoms with Gasteiger partial charge in [-0.15, -0.1) is 0 Å². The maximum absolute atomic E-state index is 12.9. The molecule has 2 aromatic rings. The van der Waals surface area contributed by atoms with Crippen molar-refractivity contribution in [1.82, 2.24) is 23.4 Å². The molecular formula is C12H18N6O2S. The molecule has 0 spiro atoms. The maximum atomic E-state index is 12.9. The van der Waals surface area contributed by atoms with Crippen LogP contribution in [0, 0.1) is 0 Å². The van der Waals surface area contributed by atoms with Gasteiger partial charge in [0.1, 0.15) is 5.82 Å². The van der Waals surface area contributed by atoms with Crippen LogP contribution in [0.2, 0.25) is 0 Å². The predicted molar refractivity (Wildman–Crippen MR) is 76.6 cm³/mol. The number of nitrogens with zero attached hydrogens (tertiary/aromatic N) is 5. The Hall–Kier alpha value is -1.87. The number of imidazole rings is 2. The van der Waals surface area contributed by atoms with Crippen molar-refractivity contribution in [2.45, 2.75) is 30.5 Å². The minimum absolute atomic E-state index is 0.0148. The van der Waals surface area contributed by atoms with Gasteiger partial charge in [-0.1, -0.05) is 0 Å². The number of aryl methyl sites for hydroxylation is 2. The molecule has 2 N–H and O–H groups in total. The lowest BCUT2D eigenvalue weighted by molar-refractivity contribution is 0.382. The van der Waals surface area contributed by atoms with Gasteiger partial charge in [0, 0.05) is 32.5 Å². The van der Waals surface area contributed by atoms with E-state index >= 15 is 0 Å². The van der Waals surface area contributed by atoms with Crippen molar-refractivity contribution in [3.63, 3.8) is 0 Å². The Bertz CT molecular complexity index is 739. The Morgan fingerprint density at radius 1 is 1.33 bits per heavy atom. The fourth-order valence-electron chi connectivity index (χ4n) is 2.32. The van der Waals surface area contributed by atoms with Crippen LogP contribution in [0.5, 0.6) is 0 Å². The van der Waals surface area contributed by atoms with Crippen molar-refractivity contribution < 1.29 is 8.42 Å². The topological polar surface area (TPSA) is 99.0 Å². The molecule has 8 nitrogen and oxygen atoms in total. The third-order valence-electron chi connectivity index (χ3n) is 3.63. The maximum Gasteiger partial charge on any atom is 0.263 e. The molecule has 114 valence electrons. The lowest BCUT2D eigenvalue weighted by Gasteiger charge is -2.21. The second kappa shape index (κ2) is 4.85. The second-order valence-corrected chi connectivity index (χ2v) is 7.09. The summed E-state index contributed by atoms with van der Waals surface area (Å²) in [5.74, 6) is 0.731. The first kappa shape index (κ1) is 14.1. The molecule has 0 atom stereocenters. The first-order valence-electron chi connectivity index (χ1n) is 6.66. The van der Waals surface area contributed by atoms with Crippen LogP contribution in [0.3, 0.4) is 0 Å². The number of anilines is 1. The van der Waals surface area contributed by atoms with Gasteiger partial charge in [-0.25, -0.2) is 18.4 Å². The standard InChI is InChI=1S/C12H18N6O2S/c1-16-6-5-14-10(16)7-18(9-3-4-9)21(19,20)12-11(13)15-8-17(12)2/h5-6,8-9H,3-4,7,13H2,1-2H3. The summed E-state index contributed by atoms with van der Waals surface area (Å²) in [6.45, 7) is 0.237. The van der Waals surface area contributed by atoms with Crippen LogP contribution in [0.25, 0.3) is 0 Å². The third-order valence-corrected chi connectivity index (χ3v) is 5.67. The summed E-state index contributed by atoms with van der Waals surface area (Å²) in [7, 11) is -0.220. The largest absolute Gasteiger partial charge is 0.381 e. The van der Waals surface area contributed by atoms with E-state index in [1.165, 1.54) is 15.2 Å². The third kappa shape index (κ3) is 2.42. The minimum atomic E-state index is -3.69. The molecule has 0 aromatic carbocycles. The van der Waals surface area contributed by atoms with Crippen LogP contribution < -0.4 is 5.73 Å². The molecule has 1 aliphatic rings. The van der Waals surface area contributed by atoms with Gasteiger partial charge in [-0.2, -0.15) is 4.31 Å². The molecule has 1 aliphatic carbocycles. The fraction of sp³-hybridized carbons (Fsp3) is 0.500. The number of hydrogen-bond acceptors (Lipinski definition) is 5. The van der Waals surface area contributed by atoms with E-state index in [9.17, 15) is 8.42 Å². The predicted octanol–water partition coefficient (Wildman–Crippen LogP) is 0.0891. The van der Waals surface area contributed by atoms with Crippen molar-refractivity contribution in [3.05, 3.63) is 24.5 Å². The summed E-state index contributed by atoms with van der Waals surface area (Å²) < 4.78 is 30.5. The molecule has 0 aliphatic heterocycles. The zero-order chi connectivity index (χ0) is 15.2. The summed E-state index contributed by atoms with van der Waals surface area (Å²) in [4.78, 5) is 8.08. The van der Waals surface area contributed by atoms with Crippen molar-refractivity contribution in [1.29, 1.82) is 0 Å². The molecule has 0 saturated heterocycles. The summed E-state index contributed by atoms with van der Waals surface area (Å²) in [6, 6.07) is 0.0148. The molecule has 1 fully saturated rings. The number of aromatic nitrogens is 4. The van der Waals surface area contributed by atoms with E-state index in [0.29, 0.717) is 5.82 Å². The highest BCUT2D eigenvalue weighted by molar-refractivity contribution is 7.89. The molecule has 9 heteroatoms. The summed E-state index contributed by atoms with van der Waals surface area (Å²) >= 11 is 0. The van der Waals surface area contributed by atoms with Gasteiger partial charge >= 0.3 is 0 Å². The summed E-state index contributed by atoms with van der Waals surface area (Å²) in [6.07, 6.45) is 6.59. The average molecular weight is 310 g/mol. The Labute approximate surface area is 123 Å². The molecule has 1 saturated carbocycles. The zero-order valence-corrected chi connectivity index (χ0v) is 12.8. The zero-order valence-electron chi connectivity index (χ0n) is 12.0. The number of hydrogen-bond donors (Lipinski definition) is 1. The Kier molecular flexibility index (Phi) is 3.25. The summed E-state index contributed by atoms with van der Waals surface area (Å²) in [5.41, 5.74) is 5.73. The molecule has 21 heavy (non-hydrogen) atoms. The lowest BCUT2D eigenvalue weighted by atomic mass is 10.5. The molecular weight excluding hydrogens is 292 g/mol. The van der Waals surface area contributed by atoms with E-state index in [2.05, 4.69) is 9.97 Å². The summed E-state index contributed by atoms with van der Waals surface area (Å²) in [5, 5.41) is 0.0450. The van der Waals surface area contributed by atoms with Crippen LogP contribution >= 0.6 is 0 Å². The highest BCUT2D eigenvalue weighted by atomic mass is 32.2. The van der Waals surface area contributed by atoms with Gasteiger partial charge in [0.05, 0.1) is 12.9 Å². The van der Waals surface area contributed by atoms with E-state index in [1.807, 2.05) is 11.6 Å². The van der Waals surface area contributed by atoms with E-state index < -0.39 is 10.0 Å². The van der Waals surface area contributed by atoms with Crippen molar-refractivity contribution in [2.24, 2.45) is 14.1 Å². The van der Waals surface area contributed by atoms with E-state index in [1.54, 1.807) is 19.4 Å². The average Bonchev–Trinajstić information content (AvgIpc) is 3.08. The Morgan fingerprint density at radius 2 is 2.05 bits per heavy atom. The highest BCUT2D eigenvalue weighted by Crippen LogP contribution is 2.34. The van der Waals surface area contributed by atoms with Gasteiger partial charge in [-0.3, -0.25) is 0 Å². The van der Waals surface area contributed by atoms with Crippen LogP contribution in [0.15, 0.2) is 23.7 Å². The molecule has 3 rings (SSSR count). The molecule has 0 amide bonds. The fourth-order valence-corrected chi connectivity index (χ4v) is 4.16. The monoisotopic (exact) mass is 310 g/mol. The molecule has 2 heterocycles. The Morgan fingerprint density at radius 3 is 2.52 bits per heavy atom. The highest BCUT2D eigenvalue weighted by Gasteiger charge is 2.41. The van der Waals surface area contributed by atoms with Crippen LogP contribution in [-0.2, 0) is 30.7 Å². The molecule has 0 unspecified atom stereocenters. The lowest BCUT2D eigenvalue weighted by Crippen LogP contribution is -2.35. The number of rotatable bonds is 5. The van der Waals surface area contributed by atoms with Gasteiger partial charge in [-0.05, 0) is 12.8 Å². The molecule has 0 bridgehead atoms. The number of sulfonamides is 1. The number of nitrogen functional groups attached to an aromatic ring is 1. The van der Waals surface area contributed by atoms with Crippen LogP contribution in [0.1, 0.15) is 18.7 Å². The molecule has 2 aromatic heterocycles. The normalized spacial score (nSPS) is 15.8.